The Bertz CT molecular complexity index is 609. The Morgan fingerprint density at radius 2 is 1.71 bits per heavy atom. The molecule has 2 bridgehead atoms. The van der Waals surface area contributed by atoms with Crippen LogP contribution in [0.3, 0.4) is 0 Å². The number of alkyl halides is 3. The number of carbonyl (C=O) groups is 1. The standard InChI is InChI=1S/C15H13F3O2S/c16-15(17,18)14(19)12-9-6-7-10(8-9)13(12)21(20)11-4-2-1-3-5-11/h1-7,9-10,12-13H,8H2/t9-,10+,12+,13+,21?/m1/s1. The van der Waals surface area contributed by atoms with E-state index in [9.17, 15) is 22.2 Å². The molecule has 6 heteroatoms. The van der Waals surface area contributed by atoms with Crippen molar-refractivity contribution in [3.05, 3.63) is 42.5 Å². The van der Waals surface area contributed by atoms with Crippen LogP contribution in [0, 0.1) is 17.8 Å². The molecule has 0 spiro atoms. The van der Waals surface area contributed by atoms with Gasteiger partial charge in [0.25, 0.3) is 0 Å². The largest absolute Gasteiger partial charge is 0.450 e. The van der Waals surface area contributed by atoms with Gasteiger partial charge in [-0.25, -0.2) is 0 Å². The fourth-order valence-electron chi connectivity index (χ4n) is 3.31. The van der Waals surface area contributed by atoms with E-state index < -0.39 is 39.8 Å². The molecule has 1 unspecified atom stereocenters. The molecule has 112 valence electrons. The number of benzene rings is 1. The minimum Gasteiger partial charge on any atom is -0.289 e. The number of fused-ring (bicyclic) bond motifs is 2. The van der Waals surface area contributed by atoms with Crippen molar-refractivity contribution < 1.29 is 22.2 Å². The zero-order valence-corrected chi connectivity index (χ0v) is 11.7. The summed E-state index contributed by atoms with van der Waals surface area (Å²) >= 11 is 0. The molecule has 1 aromatic carbocycles. The van der Waals surface area contributed by atoms with E-state index in [-0.39, 0.29) is 5.92 Å². The molecule has 1 fully saturated rings. The summed E-state index contributed by atoms with van der Waals surface area (Å²) in [4.78, 5) is 12.2. The highest BCUT2D eigenvalue weighted by Gasteiger charge is 2.57. The third-order valence-corrected chi connectivity index (χ3v) is 6.07. The minimum absolute atomic E-state index is 0.215. The Kier molecular flexibility index (Phi) is 3.51. The second-order valence-electron chi connectivity index (χ2n) is 5.41. The maximum atomic E-state index is 12.8. The van der Waals surface area contributed by atoms with Crippen LogP contribution in [0.2, 0.25) is 0 Å². The van der Waals surface area contributed by atoms with Crippen molar-refractivity contribution in [2.75, 3.05) is 0 Å². The first-order valence-corrected chi connectivity index (χ1v) is 7.86. The van der Waals surface area contributed by atoms with Crippen LogP contribution < -0.4 is 0 Å². The highest BCUT2D eigenvalue weighted by atomic mass is 32.2. The summed E-state index contributed by atoms with van der Waals surface area (Å²) in [6.07, 6.45) is -0.925. The smallest absolute Gasteiger partial charge is 0.289 e. The van der Waals surface area contributed by atoms with Gasteiger partial charge in [0.15, 0.2) is 0 Å². The Morgan fingerprint density at radius 3 is 2.33 bits per heavy atom. The normalized spacial score (nSPS) is 32.3. The Hall–Kier alpha value is -1.43. The van der Waals surface area contributed by atoms with Crippen molar-refractivity contribution in [1.29, 1.82) is 0 Å². The molecule has 2 nitrogen and oxygen atoms in total. The van der Waals surface area contributed by atoms with Crippen molar-refractivity contribution in [2.45, 2.75) is 22.7 Å². The highest BCUT2D eigenvalue weighted by molar-refractivity contribution is 7.85. The number of halogens is 3. The lowest BCUT2D eigenvalue weighted by Gasteiger charge is -2.27. The summed E-state index contributed by atoms with van der Waals surface area (Å²) < 4.78 is 51.0. The summed E-state index contributed by atoms with van der Waals surface area (Å²) in [5, 5.41) is -0.781. The molecule has 0 N–H and O–H groups in total. The van der Waals surface area contributed by atoms with Crippen LogP contribution in [0.4, 0.5) is 13.2 Å². The molecule has 21 heavy (non-hydrogen) atoms. The van der Waals surface area contributed by atoms with Gasteiger partial charge in [-0.05, 0) is 30.4 Å². The molecule has 0 radical (unpaired) electrons. The van der Waals surface area contributed by atoms with Crippen LogP contribution in [0.25, 0.3) is 0 Å². The predicted molar refractivity (Wildman–Crippen MR) is 71.9 cm³/mol. The first-order valence-electron chi connectivity index (χ1n) is 6.64. The molecule has 3 rings (SSSR count). The van der Waals surface area contributed by atoms with Crippen LogP contribution >= 0.6 is 0 Å². The third kappa shape index (κ3) is 2.46. The van der Waals surface area contributed by atoms with Gasteiger partial charge in [-0.2, -0.15) is 13.2 Å². The summed E-state index contributed by atoms with van der Waals surface area (Å²) in [5.74, 6) is -3.62. The molecule has 0 aliphatic heterocycles. The molecular formula is C15H13F3O2S. The maximum absolute atomic E-state index is 12.8. The fourth-order valence-corrected chi connectivity index (χ4v) is 5.16. The van der Waals surface area contributed by atoms with Crippen LogP contribution in [0.1, 0.15) is 6.42 Å². The third-order valence-electron chi connectivity index (χ3n) is 4.19. The topological polar surface area (TPSA) is 34.1 Å². The number of hydrogen-bond donors (Lipinski definition) is 0. The van der Waals surface area contributed by atoms with E-state index in [4.69, 9.17) is 0 Å². The van der Waals surface area contributed by atoms with Gasteiger partial charge in [0.1, 0.15) is 0 Å². The van der Waals surface area contributed by atoms with E-state index in [0.717, 1.165) is 0 Å². The molecule has 0 amide bonds. The van der Waals surface area contributed by atoms with Crippen molar-refractivity contribution in [3.8, 4) is 0 Å². The SMILES string of the molecule is O=C([C@@H]1[C@@H](S(=O)c2ccccc2)[C@H]2C=C[C@@H]1C2)C(F)(F)F. The van der Waals surface area contributed by atoms with Gasteiger partial charge in [0, 0.05) is 10.8 Å². The van der Waals surface area contributed by atoms with E-state index in [1.165, 1.54) is 0 Å². The lowest BCUT2D eigenvalue weighted by molar-refractivity contribution is -0.176. The van der Waals surface area contributed by atoms with E-state index in [1.54, 1.807) is 42.5 Å². The fraction of sp³-hybridized carbons (Fsp3) is 0.400. The lowest BCUT2D eigenvalue weighted by atomic mass is 9.89. The maximum Gasteiger partial charge on any atom is 0.450 e. The van der Waals surface area contributed by atoms with Crippen molar-refractivity contribution in [3.63, 3.8) is 0 Å². The molecule has 0 heterocycles. The van der Waals surface area contributed by atoms with Crippen LogP contribution in [0.15, 0.2) is 47.4 Å². The molecule has 1 aromatic rings. The van der Waals surface area contributed by atoms with E-state index >= 15 is 0 Å². The monoisotopic (exact) mass is 314 g/mol. The van der Waals surface area contributed by atoms with Crippen LogP contribution in [-0.4, -0.2) is 21.4 Å². The number of Topliss-reactive ketones (excluding diaryl/α,β-unsaturated/α-hetero) is 1. The van der Waals surface area contributed by atoms with Crippen molar-refractivity contribution in [2.24, 2.45) is 17.8 Å². The Labute approximate surface area is 122 Å². The van der Waals surface area contributed by atoms with E-state index in [0.29, 0.717) is 11.3 Å². The van der Waals surface area contributed by atoms with Gasteiger partial charge in [-0.1, -0.05) is 30.4 Å². The molecule has 1 saturated carbocycles. The van der Waals surface area contributed by atoms with Crippen molar-refractivity contribution in [1.82, 2.24) is 0 Å². The van der Waals surface area contributed by atoms with Gasteiger partial charge in [-0.15, -0.1) is 0 Å². The summed E-state index contributed by atoms with van der Waals surface area (Å²) in [5.41, 5.74) is 0. The first-order chi connectivity index (χ1) is 9.89. The molecule has 2 aliphatic rings. The van der Waals surface area contributed by atoms with Gasteiger partial charge in [-0.3, -0.25) is 9.00 Å². The van der Waals surface area contributed by atoms with Crippen molar-refractivity contribution >= 4 is 16.6 Å². The number of ketones is 1. The minimum atomic E-state index is -4.87. The summed E-state index contributed by atoms with van der Waals surface area (Å²) in [7, 11) is -1.62. The number of allylic oxidation sites excluding steroid dienone is 2. The van der Waals surface area contributed by atoms with Gasteiger partial charge < -0.3 is 0 Å². The summed E-state index contributed by atoms with van der Waals surface area (Å²) in [6.45, 7) is 0. The van der Waals surface area contributed by atoms with E-state index in [2.05, 4.69) is 0 Å². The molecule has 0 saturated heterocycles. The zero-order chi connectivity index (χ0) is 15.2. The Morgan fingerprint density at radius 1 is 1.10 bits per heavy atom. The number of rotatable bonds is 3. The van der Waals surface area contributed by atoms with Crippen LogP contribution in [0.5, 0.6) is 0 Å². The first kappa shape index (κ1) is 14.5. The zero-order valence-electron chi connectivity index (χ0n) is 10.9. The van der Waals surface area contributed by atoms with E-state index in [1.807, 2.05) is 0 Å². The number of carbonyl (C=O) groups excluding carboxylic acids is 1. The second kappa shape index (κ2) is 5.09. The lowest BCUT2D eigenvalue weighted by Crippen LogP contribution is -2.41. The summed E-state index contributed by atoms with van der Waals surface area (Å²) in [6, 6.07) is 8.38. The highest BCUT2D eigenvalue weighted by Crippen LogP contribution is 2.49. The average molecular weight is 314 g/mol. The van der Waals surface area contributed by atoms with Crippen LogP contribution in [-0.2, 0) is 15.6 Å². The quantitative estimate of drug-likeness (QED) is 0.803. The number of hydrogen-bond acceptors (Lipinski definition) is 2. The van der Waals surface area contributed by atoms with Gasteiger partial charge >= 0.3 is 6.18 Å². The van der Waals surface area contributed by atoms with Gasteiger partial charge in [0.05, 0.1) is 16.0 Å². The predicted octanol–water partition coefficient (Wildman–Crippen LogP) is 3.12. The molecule has 2 aliphatic carbocycles. The molecule has 0 aromatic heterocycles. The average Bonchev–Trinajstić information content (AvgIpc) is 3.06. The second-order valence-corrected chi connectivity index (χ2v) is 7.02. The molecular weight excluding hydrogens is 301 g/mol. The molecule has 5 atom stereocenters. The van der Waals surface area contributed by atoms with Gasteiger partial charge in [0.2, 0.25) is 5.78 Å². The Balaban J connectivity index is 1.95.